The molecule has 1 aromatic carbocycles. The number of aryl methyl sites for hydroxylation is 1. The van der Waals surface area contributed by atoms with Crippen LogP contribution in [0.5, 0.6) is 11.5 Å². The Bertz CT molecular complexity index is 826. The fraction of sp³-hybridized carbons (Fsp3) is 0.133. The van der Waals surface area contributed by atoms with Crippen molar-refractivity contribution in [1.29, 1.82) is 0 Å². The zero-order valence-corrected chi connectivity index (χ0v) is 11.7. The molecule has 0 saturated carbocycles. The van der Waals surface area contributed by atoms with Crippen molar-refractivity contribution in [2.45, 2.75) is 6.92 Å². The van der Waals surface area contributed by atoms with Crippen LogP contribution >= 0.6 is 11.3 Å². The quantitative estimate of drug-likeness (QED) is 0.742. The molecule has 5 heteroatoms. The molecule has 1 aliphatic heterocycles. The number of thiophene rings is 1. The Labute approximate surface area is 119 Å². The number of ether oxygens (including phenoxy) is 2. The van der Waals surface area contributed by atoms with Crippen molar-refractivity contribution >= 4 is 27.2 Å². The first kappa shape index (κ1) is 11.5. The van der Waals surface area contributed by atoms with Gasteiger partial charge in [0.25, 0.3) is 0 Å². The normalized spacial score (nSPS) is 13.1. The van der Waals surface area contributed by atoms with Crippen LogP contribution in [0.3, 0.4) is 0 Å². The third-order valence-corrected chi connectivity index (χ3v) is 4.48. The van der Waals surface area contributed by atoms with Crippen molar-refractivity contribution in [3.63, 3.8) is 0 Å². The van der Waals surface area contributed by atoms with Crippen LogP contribution in [-0.4, -0.2) is 11.8 Å². The molecule has 0 spiro atoms. The monoisotopic (exact) mass is 284 g/mol. The summed E-state index contributed by atoms with van der Waals surface area (Å²) in [6.45, 7) is 2.30. The second-order valence-corrected chi connectivity index (χ2v) is 5.89. The summed E-state index contributed by atoms with van der Waals surface area (Å²) in [7, 11) is 0. The first-order valence-electron chi connectivity index (χ1n) is 6.28. The largest absolute Gasteiger partial charge is 0.454 e. The van der Waals surface area contributed by atoms with E-state index in [-0.39, 0.29) is 6.79 Å². The molecule has 4 nitrogen and oxygen atoms in total. The van der Waals surface area contributed by atoms with E-state index in [1.807, 2.05) is 37.3 Å². The van der Waals surface area contributed by atoms with Crippen LogP contribution in [0.2, 0.25) is 0 Å². The smallest absolute Gasteiger partial charge is 0.231 e. The Morgan fingerprint density at radius 2 is 2.00 bits per heavy atom. The third-order valence-electron chi connectivity index (χ3n) is 3.45. The van der Waals surface area contributed by atoms with Crippen LogP contribution in [0.25, 0.3) is 21.5 Å². The van der Waals surface area contributed by atoms with Gasteiger partial charge >= 0.3 is 0 Å². The number of fused-ring (bicyclic) bond motifs is 2. The number of nitrogen functional groups attached to an aromatic ring is 1. The fourth-order valence-corrected chi connectivity index (χ4v) is 3.27. The van der Waals surface area contributed by atoms with Crippen LogP contribution in [0.4, 0.5) is 5.69 Å². The molecule has 2 N–H and O–H groups in total. The molecule has 2 aromatic heterocycles. The number of nitrogens with two attached hydrogens (primary N) is 1. The summed E-state index contributed by atoms with van der Waals surface area (Å²) in [6, 6.07) is 9.88. The molecule has 0 amide bonds. The van der Waals surface area contributed by atoms with Gasteiger partial charge in [0.15, 0.2) is 11.5 Å². The Kier molecular flexibility index (Phi) is 2.37. The summed E-state index contributed by atoms with van der Waals surface area (Å²) < 4.78 is 10.7. The van der Waals surface area contributed by atoms with Crippen molar-refractivity contribution in [2.75, 3.05) is 12.5 Å². The minimum Gasteiger partial charge on any atom is -0.454 e. The number of hydrogen-bond donors (Lipinski definition) is 1. The zero-order valence-electron chi connectivity index (χ0n) is 10.8. The van der Waals surface area contributed by atoms with Crippen molar-refractivity contribution in [3.8, 4) is 22.8 Å². The average Bonchev–Trinajstić information content (AvgIpc) is 3.03. The minimum atomic E-state index is 0.284. The molecule has 1 aliphatic rings. The first-order valence-corrected chi connectivity index (χ1v) is 7.09. The van der Waals surface area contributed by atoms with Crippen molar-refractivity contribution in [3.05, 3.63) is 35.2 Å². The maximum absolute atomic E-state index is 6.03. The van der Waals surface area contributed by atoms with Crippen LogP contribution in [0.1, 0.15) is 4.88 Å². The Balaban J connectivity index is 1.85. The predicted molar refractivity (Wildman–Crippen MR) is 80.3 cm³/mol. The number of hydrogen-bond acceptors (Lipinski definition) is 5. The molecular formula is C15H12N2O2S. The highest BCUT2D eigenvalue weighted by Gasteiger charge is 2.15. The fourth-order valence-electron chi connectivity index (χ4n) is 2.33. The third kappa shape index (κ3) is 1.63. The summed E-state index contributed by atoms with van der Waals surface area (Å²) in [4.78, 5) is 6.77. The Morgan fingerprint density at radius 1 is 1.15 bits per heavy atom. The second kappa shape index (κ2) is 4.11. The highest BCUT2D eigenvalue weighted by Crippen LogP contribution is 2.37. The zero-order chi connectivity index (χ0) is 13.7. The van der Waals surface area contributed by atoms with E-state index in [1.54, 1.807) is 11.3 Å². The molecule has 0 fully saturated rings. The van der Waals surface area contributed by atoms with E-state index in [0.717, 1.165) is 43.5 Å². The maximum atomic E-state index is 6.03. The summed E-state index contributed by atoms with van der Waals surface area (Å²) >= 11 is 1.62. The van der Waals surface area contributed by atoms with Gasteiger partial charge in [-0.25, -0.2) is 4.98 Å². The van der Waals surface area contributed by atoms with Gasteiger partial charge in [-0.1, -0.05) is 0 Å². The Hall–Kier alpha value is -2.27. The summed E-state index contributed by atoms with van der Waals surface area (Å²) in [5.41, 5.74) is 8.79. The lowest BCUT2D eigenvalue weighted by atomic mass is 10.1. The lowest BCUT2D eigenvalue weighted by Crippen LogP contribution is -1.92. The molecule has 0 radical (unpaired) electrons. The van der Waals surface area contributed by atoms with Gasteiger partial charge in [-0.3, -0.25) is 0 Å². The molecular weight excluding hydrogens is 272 g/mol. The molecule has 0 saturated heterocycles. The number of benzene rings is 1. The lowest BCUT2D eigenvalue weighted by molar-refractivity contribution is 0.174. The molecule has 100 valence electrons. The summed E-state index contributed by atoms with van der Waals surface area (Å²) in [5.74, 6) is 1.55. The van der Waals surface area contributed by atoms with Crippen LogP contribution in [-0.2, 0) is 0 Å². The van der Waals surface area contributed by atoms with E-state index in [1.165, 1.54) is 0 Å². The lowest BCUT2D eigenvalue weighted by Gasteiger charge is -2.03. The number of pyridine rings is 1. The van der Waals surface area contributed by atoms with E-state index < -0.39 is 0 Å². The average molecular weight is 284 g/mol. The second-order valence-electron chi connectivity index (χ2n) is 4.69. The van der Waals surface area contributed by atoms with Crippen molar-refractivity contribution in [1.82, 2.24) is 4.98 Å². The first-order chi connectivity index (χ1) is 9.72. The van der Waals surface area contributed by atoms with E-state index >= 15 is 0 Å². The van der Waals surface area contributed by atoms with E-state index in [4.69, 9.17) is 20.2 Å². The van der Waals surface area contributed by atoms with Crippen LogP contribution < -0.4 is 15.2 Å². The van der Waals surface area contributed by atoms with Gasteiger partial charge in [0.05, 0.1) is 11.4 Å². The van der Waals surface area contributed by atoms with E-state index in [9.17, 15) is 0 Å². The van der Waals surface area contributed by atoms with Crippen LogP contribution in [0.15, 0.2) is 30.3 Å². The number of anilines is 1. The highest BCUT2D eigenvalue weighted by atomic mass is 32.1. The molecule has 0 bridgehead atoms. The number of rotatable bonds is 1. The predicted octanol–water partition coefficient (Wildman–Crippen LogP) is 3.58. The van der Waals surface area contributed by atoms with Crippen molar-refractivity contribution in [2.24, 2.45) is 0 Å². The van der Waals surface area contributed by atoms with E-state index in [2.05, 4.69) is 0 Å². The highest BCUT2D eigenvalue weighted by molar-refractivity contribution is 7.19. The maximum Gasteiger partial charge on any atom is 0.231 e. The molecule has 0 aliphatic carbocycles. The summed E-state index contributed by atoms with van der Waals surface area (Å²) in [6.07, 6.45) is 0. The molecule has 0 atom stereocenters. The number of aromatic nitrogens is 1. The van der Waals surface area contributed by atoms with Crippen molar-refractivity contribution < 1.29 is 9.47 Å². The van der Waals surface area contributed by atoms with Gasteiger partial charge in [-0.2, -0.15) is 0 Å². The van der Waals surface area contributed by atoms with Gasteiger partial charge in [-0.05, 0) is 37.3 Å². The SMILES string of the molecule is Cc1sc2nc(-c3ccc4c(c3)OCO4)ccc2c1N. The van der Waals surface area contributed by atoms with Gasteiger partial charge in [0.2, 0.25) is 6.79 Å². The van der Waals surface area contributed by atoms with Gasteiger partial charge in [0, 0.05) is 15.8 Å². The number of nitrogens with zero attached hydrogens (tertiary/aromatic N) is 1. The van der Waals surface area contributed by atoms with E-state index in [0.29, 0.717) is 0 Å². The molecule has 3 aromatic rings. The van der Waals surface area contributed by atoms with Gasteiger partial charge in [-0.15, -0.1) is 11.3 Å². The minimum absolute atomic E-state index is 0.284. The van der Waals surface area contributed by atoms with Crippen LogP contribution in [0, 0.1) is 6.92 Å². The topological polar surface area (TPSA) is 57.4 Å². The molecule has 20 heavy (non-hydrogen) atoms. The standard InChI is InChI=1S/C15H12N2O2S/c1-8-14(16)10-3-4-11(17-15(10)20-8)9-2-5-12-13(6-9)19-7-18-12/h2-6H,7,16H2,1H3. The van der Waals surface area contributed by atoms with Gasteiger partial charge < -0.3 is 15.2 Å². The molecule has 0 unspecified atom stereocenters. The van der Waals surface area contributed by atoms with Gasteiger partial charge in [0.1, 0.15) is 4.83 Å². The molecule has 3 heterocycles. The summed E-state index contributed by atoms with van der Waals surface area (Å²) in [5, 5.41) is 1.02. The molecule has 4 rings (SSSR count). The Morgan fingerprint density at radius 3 is 2.90 bits per heavy atom.